The molecule has 0 aromatic heterocycles. The van der Waals surface area contributed by atoms with Crippen LogP contribution in [-0.2, 0) is 9.53 Å². The van der Waals surface area contributed by atoms with Crippen LogP contribution in [-0.4, -0.2) is 76.3 Å². The Bertz CT molecular complexity index is 606. The Hall–Kier alpha value is -1.55. The quantitative estimate of drug-likeness (QED) is 0.216. The highest BCUT2D eigenvalue weighted by Crippen LogP contribution is 2.13. The van der Waals surface area contributed by atoms with E-state index in [4.69, 9.17) is 4.74 Å². The van der Waals surface area contributed by atoms with Crippen LogP contribution in [0, 0.1) is 0 Å². The summed E-state index contributed by atoms with van der Waals surface area (Å²) in [5.41, 5.74) is 1.24. The van der Waals surface area contributed by atoms with Crippen LogP contribution in [0.2, 0.25) is 0 Å². The smallest absolute Gasteiger partial charge is 0.243 e. The number of para-hydroxylation sites is 1. The van der Waals surface area contributed by atoms with Gasteiger partial charge in [0.05, 0.1) is 6.10 Å². The average molecular weight is 517 g/mol. The van der Waals surface area contributed by atoms with E-state index in [0.717, 1.165) is 45.5 Å². The van der Waals surface area contributed by atoms with Gasteiger partial charge in [0.25, 0.3) is 0 Å². The zero-order chi connectivity index (χ0) is 20.2. The predicted octanol–water partition coefficient (Wildman–Crippen LogP) is 2.32. The molecule has 2 N–H and O–H groups in total. The topological polar surface area (TPSA) is 69.2 Å². The minimum Gasteiger partial charge on any atom is -0.376 e. The van der Waals surface area contributed by atoms with Crippen molar-refractivity contribution < 1.29 is 9.53 Å². The van der Waals surface area contributed by atoms with Gasteiger partial charge in [-0.3, -0.25) is 4.79 Å². The Labute approximate surface area is 192 Å². The number of rotatable bonds is 10. The van der Waals surface area contributed by atoms with Gasteiger partial charge in [-0.2, -0.15) is 0 Å². The lowest BCUT2D eigenvalue weighted by molar-refractivity contribution is -0.127. The third-order valence-corrected chi connectivity index (χ3v) is 4.79. The number of hydrogen-bond acceptors (Lipinski definition) is 4. The van der Waals surface area contributed by atoms with Crippen molar-refractivity contribution in [1.82, 2.24) is 15.5 Å². The summed E-state index contributed by atoms with van der Waals surface area (Å²) in [6.07, 6.45) is 3.38. The maximum Gasteiger partial charge on any atom is 0.243 e. The largest absolute Gasteiger partial charge is 0.376 e. The number of benzene rings is 1. The minimum absolute atomic E-state index is 0. The van der Waals surface area contributed by atoms with Crippen LogP contribution >= 0.6 is 24.0 Å². The molecule has 29 heavy (non-hydrogen) atoms. The van der Waals surface area contributed by atoms with Gasteiger partial charge in [0.15, 0.2) is 5.96 Å². The maximum atomic E-state index is 11.9. The number of nitrogens with zero attached hydrogens (tertiary/aromatic N) is 3. The van der Waals surface area contributed by atoms with Crippen LogP contribution < -0.4 is 15.5 Å². The molecule has 1 aromatic carbocycles. The van der Waals surface area contributed by atoms with Gasteiger partial charge in [0, 0.05) is 52.6 Å². The number of ether oxygens (including phenoxy) is 1. The lowest BCUT2D eigenvalue weighted by Gasteiger charge is -2.23. The van der Waals surface area contributed by atoms with Crippen molar-refractivity contribution in [1.29, 1.82) is 0 Å². The van der Waals surface area contributed by atoms with Gasteiger partial charge in [0.1, 0.15) is 6.54 Å². The summed E-state index contributed by atoms with van der Waals surface area (Å²) >= 11 is 0. The molecule has 164 valence electrons. The molecule has 1 unspecified atom stereocenters. The molecule has 7 nitrogen and oxygen atoms in total. The molecular weight excluding hydrogens is 481 g/mol. The van der Waals surface area contributed by atoms with Crippen LogP contribution in [0.25, 0.3) is 0 Å². The van der Waals surface area contributed by atoms with Gasteiger partial charge >= 0.3 is 0 Å². The fourth-order valence-corrected chi connectivity index (χ4v) is 3.06. The fourth-order valence-electron chi connectivity index (χ4n) is 3.06. The van der Waals surface area contributed by atoms with E-state index in [1.165, 1.54) is 5.69 Å². The van der Waals surface area contributed by atoms with E-state index >= 15 is 0 Å². The zero-order valence-electron chi connectivity index (χ0n) is 17.9. The number of halogens is 1. The van der Waals surface area contributed by atoms with Crippen LogP contribution in [0.3, 0.4) is 0 Å². The number of anilines is 1. The van der Waals surface area contributed by atoms with Crippen molar-refractivity contribution in [2.45, 2.75) is 32.3 Å². The molecule has 2 rings (SSSR count). The van der Waals surface area contributed by atoms with Crippen molar-refractivity contribution >= 4 is 41.5 Å². The molecular formula is C21H36IN5O2. The van der Waals surface area contributed by atoms with Crippen LogP contribution in [0.4, 0.5) is 5.69 Å². The molecule has 8 heteroatoms. The van der Waals surface area contributed by atoms with Crippen molar-refractivity contribution in [3.63, 3.8) is 0 Å². The molecule has 0 aliphatic carbocycles. The van der Waals surface area contributed by atoms with E-state index in [9.17, 15) is 4.79 Å². The molecule has 1 fully saturated rings. The lowest BCUT2D eigenvalue weighted by Crippen LogP contribution is -2.42. The second-order valence-corrected chi connectivity index (χ2v) is 7.16. The molecule has 0 saturated carbocycles. The highest BCUT2D eigenvalue weighted by atomic mass is 127. The van der Waals surface area contributed by atoms with Gasteiger partial charge < -0.3 is 25.2 Å². The summed E-state index contributed by atoms with van der Waals surface area (Å²) in [6, 6.07) is 10.5. The van der Waals surface area contributed by atoms with E-state index in [-0.39, 0.29) is 42.5 Å². The Balaban J connectivity index is 0.00000420. The monoisotopic (exact) mass is 517 g/mol. The van der Waals surface area contributed by atoms with Gasteiger partial charge in [0.2, 0.25) is 5.91 Å². The van der Waals surface area contributed by atoms with Gasteiger partial charge in [-0.25, -0.2) is 4.99 Å². The summed E-state index contributed by atoms with van der Waals surface area (Å²) in [4.78, 5) is 20.2. The van der Waals surface area contributed by atoms with Crippen molar-refractivity contribution in [2.24, 2.45) is 4.99 Å². The van der Waals surface area contributed by atoms with Gasteiger partial charge in [-0.05, 0) is 38.3 Å². The normalized spacial score (nSPS) is 16.1. The number of carbonyl (C=O) groups excluding carboxylic acids is 1. The first kappa shape index (κ1) is 25.5. The van der Waals surface area contributed by atoms with Crippen molar-refractivity contribution in [2.75, 3.05) is 58.3 Å². The van der Waals surface area contributed by atoms with Crippen LogP contribution in [0.1, 0.15) is 26.2 Å². The minimum atomic E-state index is -0.0144. The number of hydrogen-bond donors (Lipinski definition) is 2. The summed E-state index contributed by atoms with van der Waals surface area (Å²) in [7, 11) is 3.49. The summed E-state index contributed by atoms with van der Waals surface area (Å²) < 4.78 is 5.66. The number of nitrogens with one attached hydrogen (secondary N) is 2. The highest BCUT2D eigenvalue weighted by molar-refractivity contribution is 14.0. The number of amides is 1. The number of likely N-dealkylation sites (N-methyl/N-ethyl adjacent to an activating group) is 1. The maximum absolute atomic E-state index is 11.9. The molecule has 1 atom stereocenters. The molecule has 0 bridgehead atoms. The van der Waals surface area contributed by atoms with E-state index < -0.39 is 0 Å². The van der Waals surface area contributed by atoms with Crippen molar-refractivity contribution in [3.05, 3.63) is 30.3 Å². The Morgan fingerprint density at radius 1 is 1.24 bits per heavy atom. The first-order valence-electron chi connectivity index (χ1n) is 10.2. The standard InChI is InChI=1S/C21H35N5O2.HI/c1-4-26(18-10-6-5-7-11-18)14-9-13-22-21(24-17-20(27)25(2)3)23-16-19-12-8-15-28-19;/h5-7,10-11,19H,4,8-9,12-17H2,1-3H3,(H2,22,23,24);1H. The highest BCUT2D eigenvalue weighted by Gasteiger charge is 2.15. The molecule has 1 aromatic rings. The molecule has 1 heterocycles. The predicted molar refractivity (Wildman–Crippen MR) is 130 cm³/mol. The van der Waals surface area contributed by atoms with E-state index in [1.54, 1.807) is 19.0 Å². The second kappa shape index (κ2) is 14.4. The van der Waals surface area contributed by atoms with Crippen LogP contribution in [0.5, 0.6) is 0 Å². The summed E-state index contributed by atoms with van der Waals surface area (Å²) in [6.45, 7) is 6.58. The third-order valence-electron chi connectivity index (χ3n) is 4.79. The SMILES string of the molecule is CCN(CCCNC(=NCC(=O)N(C)C)NCC1CCCO1)c1ccccc1.I. The zero-order valence-corrected chi connectivity index (χ0v) is 20.2. The van der Waals surface area contributed by atoms with Gasteiger partial charge in [-0.1, -0.05) is 18.2 Å². The van der Waals surface area contributed by atoms with Crippen molar-refractivity contribution in [3.8, 4) is 0 Å². The molecule has 0 spiro atoms. The number of guanidine groups is 1. The van der Waals surface area contributed by atoms with E-state index in [2.05, 4.69) is 51.7 Å². The number of aliphatic imine (C=N–C) groups is 1. The molecule has 0 radical (unpaired) electrons. The Morgan fingerprint density at radius 2 is 2.00 bits per heavy atom. The van der Waals surface area contributed by atoms with Crippen LogP contribution in [0.15, 0.2) is 35.3 Å². The average Bonchev–Trinajstić information content (AvgIpc) is 3.23. The molecule has 1 amide bonds. The van der Waals surface area contributed by atoms with Gasteiger partial charge in [-0.15, -0.1) is 24.0 Å². The molecule has 1 aliphatic rings. The Morgan fingerprint density at radius 3 is 2.62 bits per heavy atom. The van der Waals surface area contributed by atoms with E-state index in [1.807, 2.05) is 6.07 Å². The molecule has 1 aliphatic heterocycles. The number of carbonyl (C=O) groups is 1. The third kappa shape index (κ3) is 9.66. The second-order valence-electron chi connectivity index (χ2n) is 7.16. The molecule has 1 saturated heterocycles. The first-order valence-corrected chi connectivity index (χ1v) is 10.2. The Kier molecular flexibility index (Phi) is 12.7. The summed E-state index contributed by atoms with van der Waals surface area (Å²) in [5, 5.41) is 6.67. The first-order chi connectivity index (χ1) is 13.6. The van der Waals surface area contributed by atoms with E-state index in [0.29, 0.717) is 12.5 Å². The summed E-state index contributed by atoms with van der Waals surface area (Å²) in [5.74, 6) is 0.660. The fraction of sp³-hybridized carbons (Fsp3) is 0.619. The lowest BCUT2D eigenvalue weighted by atomic mass is 10.2.